The van der Waals surface area contributed by atoms with Gasteiger partial charge in [0.05, 0.1) is 17.9 Å². The molecular weight excluding hydrogens is 299 g/mol. The Labute approximate surface area is 134 Å². The molecule has 0 amide bonds. The number of thioether (sulfide) groups is 1. The molecule has 2 N–H and O–H groups in total. The molecule has 1 unspecified atom stereocenters. The van der Waals surface area contributed by atoms with Gasteiger partial charge in [0, 0.05) is 17.9 Å². The maximum atomic E-state index is 14.7. The van der Waals surface area contributed by atoms with E-state index in [4.69, 9.17) is 5.73 Å². The Morgan fingerprint density at radius 1 is 1.64 bits per heavy atom. The zero-order valence-corrected chi connectivity index (χ0v) is 13.5. The van der Waals surface area contributed by atoms with Gasteiger partial charge in [-0.15, -0.1) is 5.10 Å². The largest absolute Gasteiger partial charge is 0.325 e. The lowest BCUT2D eigenvalue weighted by Gasteiger charge is -2.15. The number of hydrogen-bond donors (Lipinski definition) is 1. The SMILES string of the molecule is C=C/C=C(C1=CCSCC1)\C(F)=C/C(C)n1cc(CN)nn1. The number of nitrogens with two attached hydrogens (primary N) is 1. The van der Waals surface area contributed by atoms with E-state index in [0.717, 1.165) is 23.5 Å². The van der Waals surface area contributed by atoms with Crippen LogP contribution in [0.2, 0.25) is 0 Å². The van der Waals surface area contributed by atoms with Crippen molar-refractivity contribution in [3.63, 3.8) is 0 Å². The van der Waals surface area contributed by atoms with Crippen LogP contribution in [0, 0.1) is 0 Å². The first-order valence-electron chi connectivity index (χ1n) is 7.24. The highest BCUT2D eigenvalue weighted by Gasteiger charge is 2.15. The van der Waals surface area contributed by atoms with Crippen LogP contribution in [-0.4, -0.2) is 26.5 Å². The second kappa shape index (κ2) is 8.10. The van der Waals surface area contributed by atoms with Crippen molar-refractivity contribution < 1.29 is 4.39 Å². The first-order chi connectivity index (χ1) is 10.7. The Morgan fingerprint density at radius 2 is 2.45 bits per heavy atom. The van der Waals surface area contributed by atoms with Gasteiger partial charge in [0.1, 0.15) is 5.83 Å². The summed E-state index contributed by atoms with van der Waals surface area (Å²) in [6.45, 7) is 5.88. The van der Waals surface area contributed by atoms with E-state index in [9.17, 15) is 4.39 Å². The zero-order chi connectivity index (χ0) is 15.9. The second-order valence-electron chi connectivity index (χ2n) is 5.02. The van der Waals surface area contributed by atoms with Crippen LogP contribution in [0.3, 0.4) is 0 Å². The first kappa shape index (κ1) is 16.7. The summed E-state index contributed by atoms with van der Waals surface area (Å²) in [6, 6.07) is -0.236. The van der Waals surface area contributed by atoms with E-state index in [-0.39, 0.29) is 11.9 Å². The van der Waals surface area contributed by atoms with Crippen molar-refractivity contribution in [2.75, 3.05) is 11.5 Å². The van der Waals surface area contributed by atoms with Gasteiger partial charge in [0.25, 0.3) is 0 Å². The standard InChI is InChI=1S/C16H21FN4S/c1-3-4-15(13-5-7-22-8-6-13)16(17)9-12(2)21-11-14(10-18)19-20-21/h3-5,9,11-12H,1,6-8,10,18H2,2H3/b15-4-,16-9+. The predicted octanol–water partition coefficient (Wildman–Crippen LogP) is 3.33. The average molecular weight is 320 g/mol. The number of allylic oxidation sites excluding steroid dienone is 6. The molecule has 22 heavy (non-hydrogen) atoms. The van der Waals surface area contributed by atoms with Gasteiger partial charge in [0.2, 0.25) is 0 Å². The van der Waals surface area contributed by atoms with Crippen LogP contribution < -0.4 is 5.73 Å². The monoisotopic (exact) mass is 320 g/mol. The second-order valence-corrected chi connectivity index (χ2v) is 6.17. The quantitative estimate of drug-likeness (QED) is 0.817. The lowest BCUT2D eigenvalue weighted by molar-refractivity contribution is 0.538. The highest BCUT2D eigenvalue weighted by atomic mass is 32.2. The van der Waals surface area contributed by atoms with Crippen LogP contribution in [0.4, 0.5) is 4.39 Å². The Hall–Kier alpha value is -1.66. The molecule has 0 saturated carbocycles. The zero-order valence-electron chi connectivity index (χ0n) is 12.7. The van der Waals surface area contributed by atoms with Gasteiger partial charge in [0.15, 0.2) is 0 Å². The maximum absolute atomic E-state index is 14.7. The molecule has 1 atom stereocenters. The number of nitrogens with zero attached hydrogens (tertiary/aromatic N) is 3. The van der Waals surface area contributed by atoms with Gasteiger partial charge in [-0.3, -0.25) is 0 Å². The molecule has 0 bridgehead atoms. The molecule has 1 aliphatic heterocycles. The molecule has 0 radical (unpaired) electrons. The normalized spacial score (nSPS) is 18.0. The molecule has 118 valence electrons. The molecule has 2 heterocycles. The summed E-state index contributed by atoms with van der Waals surface area (Å²) in [5, 5.41) is 7.90. The van der Waals surface area contributed by atoms with Crippen molar-refractivity contribution in [1.82, 2.24) is 15.0 Å². The summed E-state index contributed by atoms with van der Waals surface area (Å²) >= 11 is 1.86. The third-order valence-corrected chi connectivity index (χ3v) is 4.32. The first-order valence-corrected chi connectivity index (χ1v) is 8.39. The lowest BCUT2D eigenvalue weighted by atomic mass is 10.00. The molecule has 0 spiro atoms. The van der Waals surface area contributed by atoms with Crippen molar-refractivity contribution in [2.24, 2.45) is 5.73 Å². The summed E-state index contributed by atoms with van der Waals surface area (Å²) in [5.41, 5.74) is 7.86. The highest BCUT2D eigenvalue weighted by molar-refractivity contribution is 7.99. The summed E-state index contributed by atoms with van der Waals surface area (Å²) in [7, 11) is 0. The number of halogens is 1. The third-order valence-electron chi connectivity index (χ3n) is 3.42. The Balaban J connectivity index is 2.22. The Morgan fingerprint density at radius 3 is 3.05 bits per heavy atom. The molecule has 0 fully saturated rings. The van der Waals surface area contributed by atoms with Crippen LogP contribution in [0.5, 0.6) is 0 Å². The van der Waals surface area contributed by atoms with E-state index in [1.54, 1.807) is 29.1 Å². The van der Waals surface area contributed by atoms with Gasteiger partial charge in [-0.25, -0.2) is 9.07 Å². The summed E-state index contributed by atoms with van der Waals surface area (Å²) < 4.78 is 16.3. The fraction of sp³-hybridized carbons (Fsp3) is 0.375. The van der Waals surface area contributed by atoms with Gasteiger partial charge in [-0.2, -0.15) is 11.8 Å². The molecule has 1 aromatic heterocycles. The molecular formula is C16H21FN4S. The fourth-order valence-corrected chi connectivity index (χ4v) is 3.06. The number of aromatic nitrogens is 3. The van der Waals surface area contributed by atoms with E-state index in [0.29, 0.717) is 17.8 Å². The molecule has 6 heteroatoms. The van der Waals surface area contributed by atoms with E-state index >= 15 is 0 Å². The van der Waals surface area contributed by atoms with Crippen LogP contribution >= 0.6 is 11.8 Å². The Kier molecular flexibility index (Phi) is 6.15. The van der Waals surface area contributed by atoms with Gasteiger partial charge in [-0.05, 0) is 30.7 Å². The van der Waals surface area contributed by atoms with E-state index in [1.165, 1.54) is 0 Å². The van der Waals surface area contributed by atoms with Crippen LogP contribution in [0.1, 0.15) is 25.1 Å². The van der Waals surface area contributed by atoms with Gasteiger partial charge >= 0.3 is 0 Å². The van der Waals surface area contributed by atoms with Crippen molar-refractivity contribution in [3.8, 4) is 0 Å². The summed E-state index contributed by atoms with van der Waals surface area (Å²) in [4.78, 5) is 0. The minimum Gasteiger partial charge on any atom is -0.325 e. The minimum atomic E-state index is -0.254. The maximum Gasteiger partial charge on any atom is 0.128 e. The molecule has 0 aliphatic carbocycles. The van der Waals surface area contributed by atoms with Crippen LogP contribution in [0.25, 0.3) is 0 Å². The van der Waals surface area contributed by atoms with E-state index in [2.05, 4.69) is 23.0 Å². The molecule has 1 aliphatic rings. The van der Waals surface area contributed by atoms with Gasteiger partial charge < -0.3 is 5.73 Å². The number of rotatable bonds is 6. The van der Waals surface area contributed by atoms with Crippen LogP contribution in [0.15, 0.2) is 54.1 Å². The smallest absolute Gasteiger partial charge is 0.128 e. The Bertz CT molecular complexity index is 615. The minimum absolute atomic E-state index is 0.236. The molecule has 4 nitrogen and oxygen atoms in total. The third kappa shape index (κ3) is 4.18. The van der Waals surface area contributed by atoms with Crippen molar-refractivity contribution in [1.29, 1.82) is 0 Å². The summed E-state index contributed by atoms with van der Waals surface area (Å²) in [6.07, 6.45) is 9.60. The number of hydrogen-bond acceptors (Lipinski definition) is 4. The molecule has 2 rings (SSSR count). The topological polar surface area (TPSA) is 56.7 Å². The predicted molar refractivity (Wildman–Crippen MR) is 90.1 cm³/mol. The molecule has 1 aromatic rings. The fourth-order valence-electron chi connectivity index (χ4n) is 2.21. The summed E-state index contributed by atoms with van der Waals surface area (Å²) in [5.74, 6) is 1.69. The van der Waals surface area contributed by atoms with Gasteiger partial charge in [-0.1, -0.05) is 30.0 Å². The highest BCUT2D eigenvalue weighted by Crippen LogP contribution is 2.29. The van der Waals surface area contributed by atoms with Crippen LogP contribution in [-0.2, 0) is 6.54 Å². The van der Waals surface area contributed by atoms with E-state index in [1.807, 2.05) is 18.7 Å². The average Bonchev–Trinajstić information content (AvgIpc) is 3.02. The van der Waals surface area contributed by atoms with Crippen molar-refractivity contribution in [2.45, 2.75) is 25.9 Å². The molecule has 0 saturated heterocycles. The lowest BCUT2D eigenvalue weighted by Crippen LogP contribution is -2.05. The van der Waals surface area contributed by atoms with Crippen molar-refractivity contribution in [3.05, 3.63) is 59.7 Å². The molecule has 0 aromatic carbocycles. The van der Waals surface area contributed by atoms with E-state index < -0.39 is 0 Å². The van der Waals surface area contributed by atoms with Crippen molar-refractivity contribution >= 4 is 11.8 Å².